The number of hydrogen-bond donors (Lipinski definition) is 2. The van der Waals surface area contributed by atoms with Crippen LogP contribution in [0.4, 0.5) is 11.4 Å². The van der Waals surface area contributed by atoms with Crippen LogP contribution in [0.25, 0.3) is 0 Å². The van der Waals surface area contributed by atoms with Crippen molar-refractivity contribution in [3.05, 3.63) is 90.0 Å². The van der Waals surface area contributed by atoms with E-state index in [-0.39, 0.29) is 23.2 Å². The fraction of sp³-hybridized carbons (Fsp3) is 0.259. The van der Waals surface area contributed by atoms with E-state index < -0.39 is 22.0 Å². The Morgan fingerprint density at radius 3 is 2.14 bits per heavy atom. The first-order valence-electron chi connectivity index (χ1n) is 11.6. The normalized spacial score (nSPS) is 12.8. The fourth-order valence-electron chi connectivity index (χ4n) is 3.79. The third-order valence-electron chi connectivity index (χ3n) is 5.57. The van der Waals surface area contributed by atoms with E-state index in [1.807, 2.05) is 44.2 Å². The lowest BCUT2D eigenvalue weighted by Crippen LogP contribution is -2.45. The molecule has 0 radical (unpaired) electrons. The van der Waals surface area contributed by atoms with Gasteiger partial charge in [0.1, 0.15) is 11.8 Å². The van der Waals surface area contributed by atoms with Crippen molar-refractivity contribution in [3.8, 4) is 5.75 Å². The number of nitrogens with zero attached hydrogens (tertiary/aromatic N) is 1. The molecule has 0 saturated carbocycles. The number of carbonyl (C=O) groups excluding carboxylic acids is 2. The summed E-state index contributed by atoms with van der Waals surface area (Å²) >= 11 is 0. The van der Waals surface area contributed by atoms with Gasteiger partial charge in [-0.2, -0.15) is 0 Å². The van der Waals surface area contributed by atoms with Gasteiger partial charge in [0.25, 0.3) is 5.91 Å². The van der Waals surface area contributed by atoms with Gasteiger partial charge in [-0.3, -0.25) is 13.9 Å². The summed E-state index contributed by atoms with van der Waals surface area (Å²) < 4.78 is 31.7. The van der Waals surface area contributed by atoms with Gasteiger partial charge < -0.3 is 15.4 Å². The van der Waals surface area contributed by atoms with E-state index in [0.717, 1.165) is 16.1 Å². The molecular formula is C27H31N3O5S. The molecule has 0 fully saturated rings. The minimum Gasteiger partial charge on any atom is -0.494 e. The summed E-state index contributed by atoms with van der Waals surface area (Å²) in [7, 11) is -3.80. The molecule has 0 aliphatic heterocycles. The number of carbonyl (C=O) groups is 2. The molecule has 8 nitrogen and oxygen atoms in total. The van der Waals surface area contributed by atoms with Crippen LogP contribution in [0.1, 0.15) is 42.7 Å². The number of rotatable bonds is 10. The van der Waals surface area contributed by atoms with Gasteiger partial charge in [0.2, 0.25) is 15.9 Å². The van der Waals surface area contributed by atoms with E-state index in [2.05, 4.69) is 10.6 Å². The van der Waals surface area contributed by atoms with Crippen LogP contribution >= 0.6 is 0 Å². The lowest BCUT2D eigenvalue weighted by molar-refractivity contribution is -0.116. The number of ether oxygens (including phenoxy) is 1. The molecule has 0 spiro atoms. The molecule has 0 aliphatic rings. The summed E-state index contributed by atoms with van der Waals surface area (Å²) in [6, 6.07) is 21.3. The maximum Gasteiger partial charge on any atom is 0.253 e. The number of para-hydroxylation sites is 1. The molecule has 3 rings (SSSR count). The molecule has 0 unspecified atom stereocenters. The Morgan fingerprint density at radius 1 is 0.917 bits per heavy atom. The highest BCUT2D eigenvalue weighted by molar-refractivity contribution is 7.92. The molecule has 2 N–H and O–H groups in total. The van der Waals surface area contributed by atoms with E-state index in [1.165, 1.54) is 6.92 Å². The van der Waals surface area contributed by atoms with Crippen molar-refractivity contribution in [1.82, 2.24) is 5.32 Å². The predicted octanol–water partition coefficient (Wildman–Crippen LogP) is 4.37. The SMILES string of the molecule is CCOc1ccc(N([C@H](C)C(=O)Nc2ccccc2C(=O)N[C@@H](C)c2ccccc2)S(C)(=O)=O)cc1. The van der Waals surface area contributed by atoms with E-state index >= 15 is 0 Å². The number of amides is 2. The molecule has 3 aromatic rings. The Bertz CT molecular complexity index is 1290. The summed E-state index contributed by atoms with van der Waals surface area (Å²) in [6.45, 7) is 5.69. The minimum atomic E-state index is -3.80. The molecule has 190 valence electrons. The molecule has 2 atom stereocenters. The van der Waals surface area contributed by atoms with Crippen molar-refractivity contribution < 1.29 is 22.7 Å². The Kier molecular flexibility index (Phi) is 8.71. The molecule has 36 heavy (non-hydrogen) atoms. The van der Waals surface area contributed by atoms with E-state index in [1.54, 1.807) is 48.5 Å². The van der Waals surface area contributed by atoms with Crippen molar-refractivity contribution >= 4 is 33.2 Å². The summed E-state index contributed by atoms with van der Waals surface area (Å²) in [5.74, 6) is -0.344. The van der Waals surface area contributed by atoms with Crippen LogP contribution in [-0.2, 0) is 14.8 Å². The number of nitrogens with one attached hydrogen (secondary N) is 2. The lowest BCUT2D eigenvalue weighted by atomic mass is 10.1. The monoisotopic (exact) mass is 509 g/mol. The summed E-state index contributed by atoms with van der Waals surface area (Å²) in [6.07, 6.45) is 1.04. The fourth-order valence-corrected chi connectivity index (χ4v) is 4.97. The Labute approximate surface area is 212 Å². The number of benzene rings is 3. The molecule has 0 saturated heterocycles. The van der Waals surface area contributed by atoms with E-state index in [0.29, 0.717) is 18.0 Å². The Balaban J connectivity index is 1.80. The first kappa shape index (κ1) is 26.7. The molecule has 3 aromatic carbocycles. The molecular weight excluding hydrogens is 478 g/mol. The van der Waals surface area contributed by atoms with Crippen LogP contribution in [0, 0.1) is 0 Å². The van der Waals surface area contributed by atoms with Crippen LogP contribution in [0.3, 0.4) is 0 Å². The maximum atomic E-state index is 13.2. The van der Waals surface area contributed by atoms with E-state index in [4.69, 9.17) is 4.74 Å². The third kappa shape index (κ3) is 6.63. The molecule has 2 amide bonds. The van der Waals surface area contributed by atoms with Crippen LogP contribution in [0.15, 0.2) is 78.9 Å². The summed E-state index contributed by atoms with van der Waals surface area (Å²) in [5, 5.41) is 5.66. The first-order chi connectivity index (χ1) is 17.1. The standard InChI is InChI=1S/C27H31N3O5S/c1-5-35-23-17-15-22(16-18-23)30(36(4,33)34)20(3)26(31)29-25-14-10-9-13-24(25)27(32)28-19(2)21-11-7-6-8-12-21/h6-20H,5H2,1-4H3,(H,28,32)(H,29,31)/t19-,20+/m0/s1. The third-order valence-corrected chi connectivity index (χ3v) is 6.81. The van der Waals surface area contributed by atoms with Gasteiger partial charge in [-0.15, -0.1) is 0 Å². The van der Waals surface area contributed by atoms with Crippen LogP contribution in [0.5, 0.6) is 5.75 Å². The average molecular weight is 510 g/mol. The lowest BCUT2D eigenvalue weighted by Gasteiger charge is -2.28. The van der Waals surface area contributed by atoms with Crippen molar-refractivity contribution in [2.75, 3.05) is 22.5 Å². The van der Waals surface area contributed by atoms with Crippen molar-refractivity contribution in [2.45, 2.75) is 32.9 Å². The number of sulfonamides is 1. The summed E-state index contributed by atoms with van der Waals surface area (Å²) in [4.78, 5) is 26.2. The predicted molar refractivity (Wildman–Crippen MR) is 142 cm³/mol. The topological polar surface area (TPSA) is 105 Å². The molecule has 0 aromatic heterocycles. The maximum absolute atomic E-state index is 13.2. The van der Waals surface area contributed by atoms with Gasteiger partial charge in [0.05, 0.1) is 35.8 Å². The van der Waals surface area contributed by atoms with Gasteiger partial charge in [0, 0.05) is 0 Å². The molecule has 0 aliphatic carbocycles. The molecule has 9 heteroatoms. The molecule has 0 heterocycles. The number of hydrogen-bond acceptors (Lipinski definition) is 5. The van der Waals surface area contributed by atoms with Crippen LogP contribution < -0.4 is 19.7 Å². The van der Waals surface area contributed by atoms with E-state index in [9.17, 15) is 18.0 Å². The largest absolute Gasteiger partial charge is 0.494 e. The number of anilines is 2. The average Bonchev–Trinajstić information content (AvgIpc) is 2.85. The zero-order valence-corrected chi connectivity index (χ0v) is 21.6. The summed E-state index contributed by atoms with van der Waals surface area (Å²) in [5.41, 5.74) is 1.83. The van der Waals surface area contributed by atoms with Gasteiger partial charge >= 0.3 is 0 Å². The van der Waals surface area contributed by atoms with Crippen LogP contribution in [-0.4, -0.2) is 39.1 Å². The van der Waals surface area contributed by atoms with Gasteiger partial charge in [0.15, 0.2) is 0 Å². The van der Waals surface area contributed by atoms with Gasteiger partial charge in [-0.25, -0.2) is 8.42 Å². The zero-order valence-electron chi connectivity index (χ0n) is 20.8. The minimum absolute atomic E-state index is 0.248. The smallest absolute Gasteiger partial charge is 0.253 e. The second-order valence-electron chi connectivity index (χ2n) is 8.30. The second-order valence-corrected chi connectivity index (χ2v) is 10.2. The molecule has 0 bridgehead atoms. The van der Waals surface area contributed by atoms with Gasteiger partial charge in [-0.05, 0) is 62.7 Å². The highest BCUT2D eigenvalue weighted by Crippen LogP contribution is 2.25. The highest BCUT2D eigenvalue weighted by atomic mass is 32.2. The van der Waals surface area contributed by atoms with Crippen molar-refractivity contribution in [2.24, 2.45) is 0 Å². The first-order valence-corrected chi connectivity index (χ1v) is 13.4. The van der Waals surface area contributed by atoms with Crippen molar-refractivity contribution in [1.29, 1.82) is 0 Å². The Hall–Kier alpha value is -3.85. The van der Waals surface area contributed by atoms with Crippen LogP contribution in [0.2, 0.25) is 0 Å². The zero-order chi connectivity index (χ0) is 26.3. The Morgan fingerprint density at radius 2 is 1.53 bits per heavy atom. The highest BCUT2D eigenvalue weighted by Gasteiger charge is 2.30. The van der Waals surface area contributed by atoms with Gasteiger partial charge in [-0.1, -0.05) is 42.5 Å². The second kappa shape index (κ2) is 11.7. The quantitative estimate of drug-likeness (QED) is 0.422. The van der Waals surface area contributed by atoms with Crippen molar-refractivity contribution in [3.63, 3.8) is 0 Å².